The van der Waals surface area contributed by atoms with Crippen LogP contribution in [-0.2, 0) is 22.4 Å². The van der Waals surface area contributed by atoms with Crippen LogP contribution in [0.25, 0.3) is 0 Å². The number of carbonyl (C=O) groups is 2. The van der Waals surface area contributed by atoms with E-state index < -0.39 is 0 Å². The number of aryl methyl sites for hydroxylation is 1. The number of carbonyl (C=O) groups excluding carboxylic acids is 2. The van der Waals surface area contributed by atoms with Crippen LogP contribution >= 0.6 is 11.8 Å². The Bertz CT molecular complexity index is 845. The summed E-state index contributed by atoms with van der Waals surface area (Å²) in [6.07, 6.45) is 1.56. The van der Waals surface area contributed by atoms with E-state index in [-0.39, 0.29) is 17.1 Å². The van der Waals surface area contributed by atoms with Gasteiger partial charge in [-0.15, -0.1) is 0 Å². The number of nitrogens with zero attached hydrogens (tertiary/aromatic N) is 1. The summed E-state index contributed by atoms with van der Waals surface area (Å²) in [5.41, 5.74) is 3.59. The molecule has 0 saturated carbocycles. The fourth-order valence-electron chi connectivity index (χ4n) is 2.72. The predicted octanol–water partition coefficient (Wildman–Crippen LogP) is 3.89. The normalized spacial score (nSPS) is 17.8. The third kappa shape index (κ3) is 4.98. The van der Waals surface area contributed by atoms with Crippen LogP contribution in [0.3, 0.4) is 0 Å². The van der Waals surface area contributed by atoms with Crippen molar-refractivity contribution in [1.29, 1.82) is 0 Å². The van der Waals surface area contributed by atoms with Crippen LogP contribution < -0.4 is 5.32 Å². The second-order valence-electron chi connectivity index (χ2n) is 6.15. The first-order valence-electron chi connectivity index (χ1n) is 9.00. The maximum Gasteiger partial charge on any atom is 0.338 e. The fourth-order valence-corrected chi connectivity index (χ4v) is 3.75. The minimum atomic E-state index is -0.333. The first-order chi connectivity index (χ1) is 13.1. The lowest BCUT2D eigenvalue weighted by Gasteiger charge is -2.07. The van der Waals surface area contributed by atoms with Crippen molar-refractivity contribution < 1.29 is 14.3 Å². The number of esters is 1. The van der Waals surface area contributed by atoms with Gasteiger partial charge in [0, 0.05) is 0 Å². The largest absolute Gasteiger partial charge is 0.462 e. The van der Waals surface area contributed by atoms with Crippen molar-refractivity contribution >= 4 is 34.5 Å². The number of benzene rings is 2. The second-order valence-corrected chi connectivity index (χ2v) is 7.35. The molecule has 3 rings (SSSR count). The van der Waals surface area contributed by atoms with Crippen molar-refractivity contribution in [2.45, 2.75) is 31.9 Å². The molecular formula is C21H22N2O3S. The zero-order valence-electron chi connectivity index (χ0n) is 15.4. The predicted molar refractivity (Wildman–Crippen MR) is 109 cm³/mol. The van der Waals surface area contributed by atoms with Gasteiger partial charge in [-0.05, 0) is 55.2 Å². The molecule has 1 fully saturated rings. The number of aliphatic imine (C=N–C) groups is 1. The molecule has 2 aromatic rings. The molecule has 1 heterocycles. The lowest BCUT2D eigenvalue weighted by Crippen LogP contribution is -2.25. The topological polar surface area (TPSA) is 67.8 Å². The lowest BCUT2D eigenvalue weighted by molar-refractivity contribution is -0.118. The number of nitrogens with one attached hydrogen (secondary N) is 1. The molecule has 0 spiro atoms. The van der Waals surface area contributed by atoms with Crippen molar-refractivity contribution in [3.05, 3.63) is 65.2 Å². The highest BCUT2D eigenvalue weighted by Gasteiger charge is 2.30. The Morgan fingerprint density at radius 2 is 1.74 bits per heavy atom. The summed E-state index contributed by atoms with van der Waals surface area (Å²) in [4.78, 5) is 28.5. The highest BCUT2D eigenvalue weighted by Crippen LogP contribution is 2.26. The Hall–Kier alpha value is -2.60. The van der Waals surface area contributed by atoms with E-state index in [2.05, 4.69) is 17.2 Å². The molecule has 1 unspecified atom stereocenters. The van der Waals surface area contributed by atoms with Crippen LogP contribution in [0.1, 0.15) is 35.3 Å². The Morgan fingerprint density at radius 1 is 1.07 bits per heavy atom. The summed E-state index contributed by atoms with van der Waals surface area (Å²) < 4.78 is 4.98. The molecule has 2 aromatic carbocycles. The van der Waals surface area contributed by atoms with Gasteiger partial charge >= 0.3 is 5.97 Å². The van der Waals surface area contributed by atoms with E-state index in [1.165, 1.54) is 17.3 Å². The Labute approximate surface area is 163 Å². The van der Waals surface area contributed by atoms with Gasteiger partial charge in [0.1, 0.15) is 0 Å². The first kappa shape index (κ1) is 19.2. The van der Waals surface area contributed by atoms with Crippen LogP contribution in [0.4, 0.5) is 5.69 Å². The molecule has 1 amide bonds. The van der Waals surface area contributed by atoms with Crippen molar-refractivity contribution in [2.24, 2.45) is 4.99 Å². The Balaban J connectivity index is 1.63. The second kappa shape index (κ2) is 8.86. The van der Waals surface area contributed by atoms with E-state index in [1.807, 2.05) is 36.4 Å². The van der Waals surface area contributed by atoms with Gasteiger partial charge in [-0.2, -0.15) is 0 Å². The molecule has 1 saturated heterocycles. The molecule has 0 aliphatic carbocycles. The summed E-state index contributed by atoms with van der Waals surface area (Å²) in [7, 11) is 0. The van der Waals surface area contributed by atoms with Crippen molar-refractivity contribution in [3.8, 4) is 0 Å². The molecule has 1 N–H and O–H groups in total. The molecule has 0 bridgehead atoms. The average molecular weight is 382 g/mol. The SMILES string of the molecule is CCOC(=O)c1ccc(CC2SC(=Nc3ccc(CC)cc3)NC2=O)cc1. The standard InChI is InChI=1S/C21H22N2O3S/c1-3-14-7-11-17(12-8-14)22-21-23-19(24)18(27-21)13-15-5-9-16(10-6-15)20(25)26-4-2/h5-12,18H,3-4,13H2,1-2H3,(H,22,23,24). The van der Waals surface area contributed by atoms with Crippen LogP contribution in [-0.4, -0.2) is 28.9 Å². The smallest absolute Gasteiger partial charge is 0.338 e. The van der Waals surface area contributed by atoms with E-state index in [0.29, 0.717) is 23.8 Å². The van der Waals surface area contributed by atoms with E-state index >= 15 is 0 Å². The molecule has 6 heteroatoms. The van der Waals surface area contributed by atoms with Crippen molar-refractivity contribution in [1.82, 2.24) is 5.32 Å². The monoisotopic (exact) mass is 382 g/mol. The number of amides is 1. The summed E-state index contributed by atoms with van der Waals surface area (Å²) in [5.74, 6) is -0.376. The molecular weight excluding hydrogens is 360 g/mol. The zero-order chi connectivity index (χ0) is 19.2. The van der Waals surface area contributed by atoms with Crippen LogP contribution in [0.15, 0.2) is 53.5 Å². The van der Waals surface area contributed by atoms with Gasteiger partial charge in [-0.1, -0.05) is 43.0 Å². The average Bonchev–Trinajstić information content (AvgIpc) is 3.02. The molecule has 140 valence electrons. The molecule has 5 nitrogen and oxygen atoms in total. The van der Waals surface area contributed by atoms with Gasteiger partial charge in [0.25, 0.3) is 0 Å². The van der Waals surface area contributed by atoms with Gasteiger partial charge in [0.05, 0.1) is 23.1 Å². The molecule has 27 heavy (non-hydrogen) atoms. The summed E-state index contributed by atoms with van der Waals surface area (Å²) >= 11 is 1.43. The third-order valence-corrected chi connectivity index (χ3v) is 5.32. The molecule has 1 atom stereocenters. The zero-order valence-corrected chi connectivity index (χ0v) is 16.2. The summed E-state index contributed by atoms with van der Waals surface area (Å²) in [6, 6.07) is 15.2. The van der Waals surface area contributed by atoms with Gasteiger partial charge in [0.2, 0.25) is 5.91 Å². The fraction of sp³-hybridized carbons (Fsp3) is 0.286. The molecule has 0 radical (unpaired) electrons. The quantitative estimate of drug-likeness (QED) is 0.770. The van der Waals surface area contributed by atoms with E-state index in [4.69, 9.17) is 4.74 Å². The minimum absolute atomic E-state index is 0.0432. The lowest BCUT2D eigenvalue weighted by atomic mass is 10.1. The molecule has 1 aliphatic rings. The van der Waals surface area contributed by atoms with E-state index in [9.17, 15) is 9.59 Å². The number of hydrogen-bond donors (Lipinski definition) is 1. The maximum atomic E-state index is 12.3. The van der Waals surface area contributed by atoms with Gasteiger partial charge < -0.3 is 10.1 Å². The van der Waals surface area contributed by atoms with Gasteiger partial charge in [-0.25, -0.2) is 9.79 Å². The van der Waals surface area contributed by atoms with Crippen LogP contribution in [0.5, 0.6) is 0 Å². The highest BCUT2D eigenvalue weighted by atomic mass is 32.2. The van der Waals surface area contributed by atoms with Crippen molar-refractivity contribution in [2.75, 3.05) is 6.61 Å². The number of amidine groups is 1. The van der Waals surface area contributed by atoms with Gasteiger partial charge in [0.15, 0.2) is 5.17 Å². The van der Waals surface area contributed by atoms with Crippen molar-refractivity contribution in [3.63, 3.8) is 0 Å². The van der Waals surface area contributed by atoms with E-state index in [0.717, 1.165) is 17.7 Å². The molecule has 1 aliphatic heterocycles. The Kier molecular flexibility index (Phi) is 6.29. The number of thioether (sulfide) groups is 1. The minimum Gasteiger partial charge on any atom is -0.462 e. The molecule has 0 aromatic heterocycles. The maximum absolute atomic E-state index is 12.3. The third-order valence-electron chi connectivity index (χ3n) is 4.24. The van der Waals surface area contributed by atoms with E-state index in [1.54, 1.807) is 19.1 Å². The van der Waals surface area contributed by atoms with Crippen LogP contribution in [0, 0.1) is 0 Å². The first-order valence-corrected chi connectivity index (χ1v) is 9.88. The number of rotatable bonds is 6. The Morgan fingerprint density at radius 3 is 2.37 bits per heavy atom. The highest BCUT2D eigenvalue weighted by molar-refractivity contribution is 8.15. The summed E-state index contributed by atoms with van der Waals surface area (Å²) in [5, 5.41) is 3.24. The number of hydrogen-bond acceptors (Lipinski definition) is 5. The van der Waals surface area contributed by atoms with Crippen LogP contribution in [0.2, 0.25) is 0 Å². The summed E-state index contributed by atoms with van der Waals surface area (Å²) in [6.45, 7) is 4.24. The van der Waals surface area contributed by atoms with Gasteiger partial charge in [-0.3, -0.25) is 4.79 Å². The number of ether oxygens (including phenoxy) is 1.